The molecule has 1 N–H and O–H groups in total. The lowest BCUT2D eigenvalue weighted by atomic mass is 9.90. The molecule has 3 aromatic rings. The van der Waals surface area contributed by atoms with Crippen LogP contribution in [0.3, 0.4) is 0 Å². The number of aromatic amines is 1. The molecule has 0 spiro atoms. The molecule has 1 fully saturated rings. The molecule has 0 radical (unpaired) electrons. The number of Topliss-reactive ketones (excluding diaryl/α,β-unsaturated/α-hetero) is 1. The van der Waals surface area contributed by atoms with Gasteiger partial charge in [-0.25, -0.2) is 0 Å². The Kier molecular flexibility index (Phi) is 5.28. The molecule has 1 unspecified atom stereocenters. The number of hydrogen-bond acceptors (Lipinski definition) is 4. The van der Waals surface area contributed by atoms with Crippen LogP contribution in [0.15, 0.2) is 61.1 Å². The van der Waals surface area contributed by atoms with Crippen LogP contribution in [-0.4, -0.2) is 44.9 Å². The SMILES string of the molecule is O=C(C(=O)N1CCCC(c2[nH]ncc2Cc2ccccc2)C1)c1cccnc1. The molecule has 142 valence electrons. The molecule has 1 amide bonds. The van der Waals surface area contributed by atoms with E-state index in [9.17, 15) is 9.59 Å². The maximum Gasteiger partial charge on any atom is 0.295 e. The van der Waals surface area contributed by atoms with E-state index in [2.05, 4.69) is 27.3 Å². The summed E-state index contributed by atoms with van der Waals surface area (Å²) in [5.74, 6) is -0.801. The van der Waals surface area contributed by atoms with Gasteiger partial charge < -0.3 is 4.90 Å². The lowest BCUT2D eigenvalue weighted by Gasteiger charge is -2.32. The molecule has 0 bridgehead atoms. The van der Waals surface area contributed by atoms with Gasteiger partial charge in [0.15, 0.2) is 0 Å². The molecule has 4 rings (SSSR count). The van der Waals surface area contributed by atoms with Crippen molar-refractivity contribution in [1.29, 1.82) is 0 Å². The van der Waals surface area contributed by atoms with Gasteiger partial charge in [-0.3, -0.25) is 19.7 Å². The Morgan fingerprint density at radius 1 is 1.11 bits per heavy atom. The number of aromatic nitrogens is 3. The van der Waals surface area contributed by atoms with Gasteiger partial charge in [-0.05, 0) is 36.1 Å². The first-order valence-electron chi connectivity index (χ1n) is 9.52. The van der Waals surface area contributed by atoms with Gasteiger partial charge >= 0.3 is 0 Å². The van der Waals surface area contributed by atoms with Crippen molar-refractivity contribution < 1.29 is 9.59 Å². The molecule has 6 heteroatoms. The molecule has 1 saturated heterocycles. The molecule has 1 aromatic carbocycles. The van der Waals surface area contributed by atoms with Crippen LogP contribution >= 0.6 is 0 Å². The number of piperidine rings is 1. The second kappa shape index (κ2) is 8.17. The zero-order valence-electron chi connectivity index (χ0n) is 15.5. The van der Waals surface area contributed by atoms with E-state index in [0.29, 0.717) is 18.7 Å². The van der Waals surface area contributed by atoms with Crippen molar-refractivity contribution in [3.8, 4) is 0 Å². The van der Waals surface area contributed by atoms with E-state index >= 15 is 0 Å². The average molecular weight is 374 g/mol. The Hall–Kier alpha value is -3.28. The highest BCUT2D eigenvalue weighted by Gasteiger charge is 2.30. The normalized spacial score (nSPS) is 16.7. The van der Waals surface area contributed by atoms with Crippen molar-refractivity contribution in [2.75, 3.05) is 13.1 Å². The summed E-state index contributed by atoms with van der Waals surface area (Å²) in [7, 11) is 0. The highest BCUT2D eigenvalue weighted by molar-refractivity contribution is 6.42. The second-order valence-electron chi connectivity index (χ2n) is 7.13. The van der Waals surface area contributed by atoms with Crippen LogP contribution < -0.4 is 0 Å². The summed E-state index contributed by atoms with van der Waals surface area (Å²) in [5, 5.41) is 7.38. The Labute approximate surface area is 163 Å². The molecule has 2 aromatic heterocycles. The largest absolute Gasteiger partial charge is 0.335 e. The van der Waals surface area contributed by atoms with Crippen molar-refractivity contribution in [3.05, 3.63) is 83.4 Å². The topological polar surface area (TPSA) is 79.0 Å². The Morgan fingerprint density at radius 3 is 2.75 bits per heavy atom. The van der Waals surface area contributed by atoms with Crippen LogP contribution in [0.1, 0.15) is 45.9 Å². The fraction of sp³-hybridized carbons (Fsp3) is 0.273. The fourth-order valence-electron chi connectivity index (χ4n) is 3.79. The number of pyridine rings is 1. The number of rotatable bonds is 5. The van der Waals surface area contributed by atoms with Gasteiger partial charge in [0.2, 0.25) is 0 Å². The molecule has 0 aliphatic carbocycles. The van der Waals surface area contributed by atoms with Crippen LogP contribution in [-0.2, 0) is 11.2 Å². The van der Waals surface area contributed by atoms with Crippen LogP contribution in [0.25, 0.3) is 0 Å². The first kappa shape index (κ1) is 18.1. The van der Waals surface area contributed by atoms with Gasteiger partial charge in [-0.2, -0.15) is 5.10 Å². The average Bonchev–Trinajstić information content (AvgIpc) is 3.22. The molecule has 0 saturated carbocycles. The highest BCUT2D eigenvalue weighted by atomic mass is 16.2. The zero-order chi connectivity index (χ0) is 19.3. The standard InChI is InChI=1S/C22H22N4O2/c27-21(17-8-4-10-23-13-17)22(28)26-11-5-9-18(15-26)20-19(14-24-25-20)12-16-6-2-1-3-7-16/h1-4,6-8,10,13-14,18H,5,9,11-12,15H2,(H,24,25). The van der Waals surface area contributed by atoms with Crippen molar-refractivity contribution >= 4 is 11.7 Å². The number of benzene rings is 1. The van der Waals surface area contributed by atoms with Crippen molar-refractivity contribution in [3.63, 3.8) is 0 Å². The number of carbonyl (C=O) groups is 2. The van der Waals surface area contributed by atoms with E-state index in [1.165, 1.54) is 11.8 Å². The predicted molar refractivity (Wildman–Crippen MR) is 105 cm³/mol. The summed E-state index contributed by atoms with van der Waals surface area (Å²) >= 11 is 0. The van der Waals surface area contributed by atoms with Gasteiger partial charge in [0.1, 0.15) is 0 Å². The Balaban J connectivity index is 1.48. The molecule has 1 aliphatic heterocycles. The summed E-state index contributed by atoms with van der Waals surface area (Å²) in [5.41, 5.74) is 3.76. The minimum atomic E-state index is -0.497. The molecule has 1 atom stereocenters. The summed E-state index contributed by atoms with van der Waals surface area (Å²) in [6.07, 6.45) is 7.52. The lowest BCUT2D eigenvalue weighted by Crippen LogP contribution is -2.43. The van der Waals surface area contributed by atoms with Gasteiger partial charge in [0.05, 0.1) is 6.20 Å². The smallest absolute Gasteiger partial charge is 0.295 e. The van der Waals surface area contributed by atoms with E-state index in [1.807, 2.05) is 24.4 Å². The second-order valence-corrected chi connectivity index (χ2v) is 7.13. The van der Waals surface area contributed by atoms with Gasteiger partial charge in [0, 0.05) is 49.1 Å². The number of nitrogens with one attached hydrogen (secondary N) is 1. The third-order valence-electron chi connectivity index (χ3n) is 5.22. The molecule has 1 aliphatic rings. The Morgan fingerprint density at radius 2 is 1.96 bits per heavy atom. The number of nitrogens with zero attached hydrogens (tertiary/aromatic N) is 3. The summed E-state index contributed by atoms with van der Waals surface area (Å²) in [6, 6.07) is 13.5. The van der Waals surface area contributed by atoms with Crippen molar-refractivity contribution in [1.82, 2.24) is 20.1 Å². The first-order valence-corrected chi connectivity index (χ1v) is 9.52. The maximum absolute atomic E-state index is 12.7. The molecular formula is C22H22N4O2. The van der Waals surface area contributed by atoms with E-state index in [1.54, 1.807) is 23.2 Å². The zero-order valence-corrected chi connectivity index (χ0v) is 15.5. The minimum Gasteiger partial charge on any atom is -0.335 e. The molecule has 3 heterocycles. The van der Waals surface area contributed by atoms with E-state index in [0.717, 1.165) is 30.5 Å². The third-order valence-corrected chi connectivity index (χ3v) is 5.22. The van der Waals surface area contributed by atoms with E-state index in [-0.39, 0.29) is 5.92 Å². The van der Waals surface area contributed by atoms with Crippen LogP contribution in [0.2, 0.25) is 0 Å². The van der Waals surface area contributed by atoms with E-state index in [4.69, 9.17) is 0 Å². The maximum atomic E-state index is 12.7. The summed E-state index contributed by atoms with van der Waals surface area (Å²) < 4.78 is 0. The number of carbonyl (C=O) groups excluding carboxylic acids is 2. The monoisotopic (exact) mass is 374 g/mol. The fourth-order valence-corrected chi connectivity index (χ4v) is 3.79. The first-order chi connectivity index (χ1) is 13.7. The lowest BCUT2D eigenvalue weighted by molar-refractivity contribution is -0.127. The predicted octanol–water partition coefficient (Wildman–Crippen LogP) is 2.98. The van der Waals surface area contributed by atoms with Crippen LogP contribution in [0, 0.1) is 0 Å². The number of ketones is 1. The molecule has 28 heavy (non-hydrogen) atoms. The summed E-state index contributed by atoms with van der Waals surface area (Å²) in [6.45, 7) is 1.12. The third kappa shape index (κ3) is 3.86. The van der Waals surface area contributed by atoms with E-state index < -0.39 is 11.7 Å². The van der Waals surface area contributed by atoms with Crippen molar-refractivity contribution in [2.45, 2.75) is 25.2 Å². The molecule has 6 nitrogen and oxygen atoms in total. The number of amides is 1. The number of hydrogen-bond donors (Lipinski definition) is 1. The number of likely N-dealkylation sites (tertiary alicyclic amines) is 1. The van der Waals surface area contributed by atoms with Crippen LogP contribution in [0.4, 0.5) is 0 Å². The van der Waals surface area contributed by atoms with Crippen LogP contribution in [0.5, 0.6) is 0 Å². The van der Waals surface area contributed by atoms with Gasteiger partial charge in [-0.1, -0.05) is 30.3 Å². The Bertz CT molecular complexity index is 953. The summed E-state index contributed by atoms with van der Waals surface area (Å²) in [4.78, 5) is 30.8. The number of H-pyrrole nitrogens is 1. The van der Waals surface area contributed by atoms with Gasteiger partial charge in [-0.15, -0.1) is 0 Å². The minimum absolute atomic E-state index is 0.153. The van der Waals surface area contributed by atoms with Crippen molar-refractivity contribution in [2.24, 2.45) is 0 Å². The highest BCUT2D eigenvalue weighted by Crippen LogP contribution is 2.29. The van der Waals surface area contributed by atoms with Gasteiger partial charge in [0.25, 0.3) is 11.7 Å². The quantitative estimate of drug-likeness (QED) is 0.550. The molecular weight excluding hydrogens is 352 g/mol.